The molecule has 0 aromatic carbocycles. The van der Waals surface area contributed by atoms with Crippen molar-refractivity contribution in [1.29, 1.82) is 0 Å². The van der Waals surface area contributed by atoms with Gasteiger partial charge in [-0.15, -0.1) is 6.58 Å². The van der Waals surface area contributed by atoms with Gasteiger partial charge in [-0.2, -0.15) is 0 Å². The first-order chi connectivity index (χ1) is 13.7. The molecule has 5 heteroatoms. The predicted molar refractivity (Wildman–Crippen MR) is 114 cm³/mol. The van der Waals surface area contributed by atoms with E-state index in [4.69, 9.17) is 0 Å². The van der Waals surface area contributed by atoms with Gasteiger partial charge in [-0.05, 0) is 44.1 Å². The summed E-state index contributed by atoms with van der Waals surface area (Å²) in [6.07, 6.45) is 9.32. The predicted octanol–water partition coefficient (Wildman–Crippen LogP) is 8.38. The molecule has 0 saturated heterocycles. The third-order valence-electron chi connectivity index (χ3n) is 3.17. The number of allylic oxidation sites excluding steroid dienone is 11. The molecule has 0 heterocycles. The lowest BCUT2D eigenvalue weighted by atomic mass is 10.1. The number of rotatable bonds is 5. The van der Waals surface area contributed by atoms with Crippen molar-refractivity contribution in [3.63, 3.8) is 0 Å². The lowest BCUT2D eigenvalue weighted by molar-refractivity contribution is 0.356. The lowest BCUT2D eigenvalue weighted by Gasteiger charge is -2.04. The summed E-state index contributed by atoms with van der Waals surface area (Å²) in [7, 11) is 0. The summed E-state index contributed by atoms with van der Waals surface area (Å²) in [4.78, 5) is 0. The van der Waals surface area contributed by atoms with Gasteiger partial charge in [0, 0.05) is 19.3 Å². The molecule has 1 rings (SSSR count). The van der Waals surface area contributed by atoms with Gasteiger partial charge in [0.2, 0.25) is 0 Å². The van der Waals surface area contributed by atoms with Crippen LogP contribution in [0.25, 0.3) is 0 Å². The average Bonchev–Trinajstić information content (AvgIpc) is 2.67. The third-order valence-corrected chi connectivity index (χ3v) is 3.17. The Kier molecular flexibility index (Phi) is 18.9. The highest BCUT2D eigenvalue weighted by Gasteiger charge is 2.14. The second-order valence-corrected chi connectivity index (χ2v) is 6.34. The number of hydrogen-bond donors (Lipinski definition) is 0. The van der Waals surface area contributed by atoms with E-state index in [2.05, 4.69) is 31.4 Å². The molecule has 0 nitrogen and oxygen atoms in total. The van der Waals surface area contributed by atoms with Crippen molar-refractivity contribution < 1.29 is 22.0 Å². The SMILES string of the molecule is C=CCC#CC/C(C)=C\C.CC(C)/C=C(F)\C=C/CF.FC1=C(F)CC(F)C=C1. The quantitative estimate of drug-likeness (QED) is 0.183. The fourth-order valence-corrected chi connectivity index (χ4v) is 1.60. The van der Waals surface area contributed by atoms with Crippen LogP contribution in [-0.2, 0) is 0 Å². The molecule has 0 spiro atoms. The van der Waals surface area contributed by atoms with E-state index in [0.717, 1.165) is 37.1 Å². The van der Waals surface area contributed by atoms with Crippen LogP contribution in [0.4, 0.5) is 22.0 Å². The maximum Gasteiger partial charge on any atom is 0.154 e. The van der Waals surface area contributed by atoms with Crippen molar-refractivity contribution in [2.24, 2.45) is 5.92 Å². The maximum absolute atomic E-state index is 12.4. The van der Waals surface area contributed by atoms with Crippen LogP contribution in [0.15, 0.2) is 72.2 Å². The van der Waals surface area contributed by atoms with Crippen LogP contribution in [0.3, 0.4) is 0 Å². The zero-order valence-electron chi connectivity index (χ0n) is 17.6. The van der Waals surface area contributed by atoms with Crippen LogP contribution in [-0.4, -0.2) is 12.8 Å². The lowest BCUT2D eigenvalue weighted by Crippen LogP contribution is -2.00. The number of halogens is 5. The molecule has 162 valence electrons. The normalized spacial score (nSPS) is 16.6. The van der Waals surface area contributed by atoms with Crippen molar-refractivity contribution in [3.8, 4) is 11.8 Å². The molecular weight excluding hydrogens is 383 g/mol. The van der Waals surface area contributed by atoms with Gasteiger partial charge in [-0.25, -0.2) is 22.0 Å². The molecule has 0 radical (unpaired) electrons. The van der Waals surface area contributed by atoms with E-state index in [0.29, 0.717) is 0 Å². The standard InChI is InChI=1S/C10H14.C8H12F2.C6H5F3/c1-4-6-7-8-9-10(3)5-2;1-7(2)6-8(10)4-3-5-9;7-4-1-2-5(8)6(9)3-4/h4-5H,1,6,9H2,2-3H3;3-4,6-7H,5H2,1-2H3;1-2,4H,3H2/b10-5-;4-3-,8-6+;. The van der Waals surface area contributed by atoms with Crippen molar-refractivity contribution in [2.75, 3.05) is 6.67 Å². The molecule has 1 aliphatic rings. The zero-order chi connectivity index (χ0) is 22.7. The van der Waals surface area contributed by atoms with Crippen molar-refractivity contribution in [1.82, 2.24) is 0 Å². The van der Waals surface area contributed by atoms with E-state index >= 15 is 0 Å². The van der Waals surface area contributed by atoms with E-state index in [1.165, 1.54) is 11.6 Å². The van der Waals surface area contributed by atoms with Crippen LogP contribution in [0.2, 0.25) is 0 Å². The fraction of sp³-hybridized carbons (Fsp3) is 0.417. The minimum absolute atomic E-state index is 0.171. The molecule has 1 atom stereocenters. The van der Waals surface area contributed by atoms with E-state index in [-0.39, 0.29) is 11.7 Å². The van der Waals surface area contributed by atoms with Gasteiger partial charge in [0.1, 0.15) is 24.5 Å². The van der Waals surface area contributed by atoms with Gasteiger partial charge in [0.25, 0.3) is 0 Å². The Morgan fingerprint density at radius 1 is 1.31 bits per heavy atom. The highest BCUT2D eigenvalue weighted by atomic mass is 19.2. The number of hydrogen-bond acceptors (Lipinski definition) is 0. The summed E-state index contributed by atoms with van der Waals surface area (Å²) in [6, 6.07) is 0. The largest absolute Gasteiger partial charge is 0.247 e. The summed E-state index contributed by atoms with van der Waals surface area (Å²) >= 11 is 0. The second-order valence-electron chi connectivity index (χ2n) is 6.34. The molecule has 0 saturated carbocycles. The first-order valence-corrected chi connectivity index (χ1v) is 9.32. The van der Waals surface area contributed by atoms with Crippen LogP contribution < -0.4 is 0 Å². The van der Waals surface area contributed by atoms with Crippen LogP contribution >= 0.6 is 0 Å². The van der Waals surface area contributed by atoms with Gasteiger partial charge < -0.3 is 0 Å². The summed E-state index contributed by atoms with van der Waals surface area (Å²) in [5, 5.41) is 0. The molecule has 0 aliphatic heterocycles. The van der Waals surface area contributed by atoms with Crippen molar-refractivity contribution in [2.45, 2.75) is 53.1 Å². The van der Waals surface area contributed by atoms with Gasteiger partial charge in [0.15, 0.2) is 5.83 Å². The highest BCUT2D eigenvalue weighted by molar-refractivity contribution is 5.22. The molecule has 0 amide bonds. The summed E-state index contributed by atoms with van der Waals surface area (Å²) in [5.74, 6) is 3.89. The van der Waals surface area contributed by atoms with Gasteiger partial charge >= 0.3 is 0 Å². The van der Waals surface area contributed by atoms with E-state index < -0.39 is 30.9 Å². The molecule has 0 fully saturated rings. The van der Waals surface area contributed by atoms with Crippen molar-refractivity contribution >= 4 is 0 Å². The highest BCUT2D eigenvalue weighted by Crippen LogP contribution is 2.22. The molecular formula is C24H31F5. The Hall–Kier alpha value is -2.35. The zero-order valence-corrected chi connectivity index (χ0v) is 17.6. The van der Waals surface area contributed by atoms with E-state index in [1.807, 2.05) is 26.8 Å². The van der Waals surface area contributed by atoms with Crippen LogP contribution in [0.5, 0.6) is 0 Å². The second kappa shape index (κ2) is 19.0. The van der Waals surface area contributed by atoms with Crippen molar-refractivity contribution in [3.05, 3.63) is 72.2 Å². The Morgan fingerprint density at radius 3 is 2.41 bits per heavy atom. The number of alkyl halides is 2. The molecule has 0 N–H and O–H groups in total. The van der Waals surface area contributed by atoms with Gasteiger partial charge in [0.05, 0.1) is 0 Å². The Balaban J connectivity index is 0. The van der Waals surface area contributed by atoms with Crippen LogP contribution in [0, 0.1) is 17.8 Å². The Morgan fingerprint density at radius 2 is 1.97 bits per heavy atom. The Labute approximate surface area is 172 Å². The smallest absolute Gasteiger partial charge is 0.154 e. The minimum atomic E-state index is -1.36. The molecule has 1 unspecified atom stereocenters. The topological polar surface area (TPSA) is 0 Å². The minimum Gasteiger partial charge on any atom is -0.247 e. The molecule has 1 aliphatic carbocycles. The summed E-state index contributed by atoms with van der Waals surface area (Å²) < 4.78 is 60.0. The monoisotopic (exact) mass is 414 g/mol. The van der Waals surface area contributed by atoms with Crippen LogP contribution in [0.1, 0.15) is 47.0 Å². The Bertz CT molecular complexity index is 667. The molecule has 0 aromatic heterocycles. The van der Waals surface area contributed by atoms with Gasteiger partial charge in [-0.1, -0.05) is 49.5 Å². The molecule has 0 aromatic rings. The summed E-state index contributed by atoms with van der Waals surface area (Å²) in [6.45, 7) is 10.8. The first-order valence-electron chi connectivity index (χ1n) is 9.32. The maximum atomic E-state index is 12.4. The van der Waals surface area contributed by atoms with Gasteiger partial charge in [-0.3, -0.25) is 0 Å². The van der Waals surface area contributed by atoms with E-state index in [9.17, 15) is 22.0 Å². The first kappa shape index (κ1) is 28.9. The third kappa shape index (κ3) is 20.2. The summed E-state index contributed by atoms with van der Waals surface area (Å²) in [5.41, 5.74) is 1.33. The molecule has 29 heavy (non-hydrogen) atoms. The van der Waals surface area contributed by atoms with E-state index in [1.54, 1.807) is 0 Å². The average molecular weight is 415 g/mol. The fourth-order valence-electron chi connectivity index (χ4n) is 1.60. The molecule has 0 bridgehead atoms.